The predicted molar refractivity (Wildman–Crippen MR) is 130 cm³/mol. The van der Waals surface area contributed by atoms with Crippen LogP contribution in [-0.2, 0) is 5.41 Å². The molecule has 0 aliphatic heterocycles. The summed E-state index contributed by atoms with van der Waals surface area (Å²) < 4.78 is 0. The lowest BCUT2D eigenvalue weighted by molar-refractivity contribution is 0.433. The fourth-order valence-corrected chi connectivity index (χ4v) is 7.11. The third-order valence-electron chi connectivity index (χ3n) is 8.25. The monoisotopic (exact) mass is 404 g/mol. The Kier molecular flexibility index (Phi) is 4.82. The Hall–Kier alpha value is -2.60. The summed E-state index contributed by atoms with van der Waals surface area (Å²) in [5.41, 5.74) is 11.5. The fourth-order valence-electron chi connectivity index (χ4n) is 7.11. The van der Waals surface area contributed by atoms with Gasteiger partial charge in [-0.05, 0) is 80.1 Å². The van der Waals surface area contributed by atoms with E-state index in [0.717, 1.165) is 6.42 Å². The smallest absolute Gasteiger partial charge is 0.0520 e. The van der Waals surface area contributed by atoms with Crippen LogP contribution >= 0.6 is 0 Å². The molecule has 0 unspecified atom stereocenters. The maximum atomic E-state index is 2.43. The van der Waals surface area contributed by atoms with Gasteiger partial charge >= 0.3 is 0 Å². The van der Waals surface area contributed by atoms with E-state index >= 15 is 0 Å². The van der Waals surface area contributed by atoms with Crippen LogP contribution in [0, 0.1) is 5.92 Å². The van der Waals surface area contributed by atoms with Crippen molar-refractivity contribution in [2.75, 3.05) is 0 Å². The molecule has 0 saturated carbocycles. The van der Waals surface area contributed by atoms with Crippen LogP contribution in [0.5, 0.6) is 0 Å². The summed E-state index contributed by atoms with van der Waals surface area (Å²) in [6.07, 6.45) is 18.8. The Morgan fingerprint density at radius 2 is 1.13 bits per heavy atom. The third kappa shape index (κ3) is 2.88. The van der Waals surface area contributed by atoms with Crippen molar-refractivity contribution in [3.8, 4) is 0 Å². The summed E-state index contributed by atoms with van der Waals surface area (Å²) >= 11 is 0. The first-order valence-electron chi connectivity index (χ1n) is 12.3. The Morgan fingerprint density at radius 1 is 0.613 bits per heavy atom. The number of rotatable bonds is 4. The second kappa shape index (κ2) is 7.83. The van der Waals surface area contributed by atoms with Gasteiger partial charge in [0.05, 0.1) is 5.41 Å². The molecule has 0 nitrogen and oxygen atoms in total. The first-order chi connectivity index (χ1) is 15.4. The molecule has 2 aromatic rings. The summed E-state index contributed by atoms with van der Waals surface area (Å²) in [5.74, 6) is 0.494. The molecule has 0 amide bonds. The van der Waals surface area contributed by atoms with Gasteiger partial charge in [0, 0.05) is 5.92 Å². The van der Waals surface area contributed by atoms with Gasteiger partial charge in [0.15, 0.2) is 0 Å². The van der Waals surface area contributed by atoms with E-state index in [1.54, 1.807) is 27.9 Å². The number of fused-ring (bicyclic) bond motifs is 1. The van der Waals surface area contributed by atoms with E-state index < -0.39 is 0 Å². The minimum Gasteiger partial charge on any atom is -0.0804 e. The minimum absolute atomic E-state index is 0.0988. The van der Waals surface area contributed by atoms with Crippen molar-refractivity contribution in [3.05, 3.63) is 118 Å². The number of allylic oxidation sites excluding steroid dienone is 8. The molecule has 0 aromatic heterocycles. The quantitative estimate of drug-likeness (QED) is 0.481. The Labute approximate surface area is 187 Å². The second-order valence-corrected chi connectivity index (χ2v) is 9.72. The van der Waals surface area contributed by atoms with Gasteiger partial charge in [0.25, 0.3) is 0 Å². The van der Waals surface area contributed by atoms with Crippen molar-refractivity contribution < 1.29 is 0 Å². The van der Waals surface area contributed by atoms with E-state index in [-0.39, 0.29) is 5.41 Å². The highest BCUT2D eigenvalue weighted by molar-refractivity contribution is 5.63. The van der Waals surface area contributed by atoms with Crippen molar-refractivity contribution in [1.29, 1.82) is 0 Å². The second-order valence-electron chi connectivity index (χ2n) is 9.72. The Bertz CT molecular complexity index is 1020. The van der Waals surface area contributed by atoms with Crippen LogP contribution < -0.4 is 0 Å². The molecule has 0 bridgehead atoms. The summed E-state index contributed by atoms with van der Waals surface area (Å²) in [6.45, 7) is 0. The molecule has 0 spiro atoms. The maximum Gasteiger partial charge on any atom is 0.0520 e. The van der Waals surface area contributed by atoms with Crippen LogP contribution in [-0.4, -0.2) is 0 Å². The summed E-state index contributed by atoms with van der Waals surface area (Å²) in [6, 6.07) is 22.9. The largest absolute Gasteiger partial charge is 0.0804 e. The third-order valence-corrected chi connectivity index (χ3v) is 8.25. The minimum atomic E-state index is -0.0988. The molecular weight excluding hydrogens is 372 g/mol. The molecule has 6 rings (SSSR count). The van der Waals surface area contributed by atoms with Crippen molar-refractivity contribution in [3.63, 3.8) is 0 Å². The zero-order valence-corrected chi connectivity index (χ0v) is 18.4. The fraction of sp³-hybridized carbons (Fsp3) is 0.355. The number of benzene rings is 2. The van der Waals surface area contributed by atoms with Crippen LogP contribution in [0.25, 0.3) is 0 Å². The SMILES string of the molecule is C1=CCC(C(c2ccccc2)(c2ccccc2)C2C3=C(CCCC3)C3=C2CCCC3)=C1. The summed E-state index contributed by atoms with van der Waals surface area (Å²) in [5, 5.41) is 0. The Morgan fingerprint density at radius 3 is 1.61 bits per heavy atom. The van der Waals surface area contributed by atoms with Gasteiger partial charge in [0.1, 0.15) is 0 Å². The Balaban J connectivity index is 1.68. The van der Waals surface area contributed by atoms with Gasteiger partial charge in [-0.25, -0.2) is 0 Å². The van der Waals surface area contributed by atoms with E-state index in [1.807, 2.05) is 0 Å². The highest BCUT2D eigenvalue weighted by atomic mass is 14.5. The summed E-state index contributed by atoms with van der Waals surface area (Å²) in [4.78, 5) is 0. The van der Waals surface area contributed by atoms with Crippen LogP contribution in [0.1, 0.15) is 68.9 Å². The molecule has 4 aliphatic carbocycles. The van der Waals surface area contributed by atoms with E-state index in [1.165, 1.54) is 62.5 Å². The average molecular weight is 405 g/mol. The molecule has 0 atom stereocenters. The molecule has 156 valence electrons. The van der Waals surface area contributed by atoms with Crippen molar-refractivity contribution in [2.24, 2.45) is 5.92 Å². The zero-order valence-electron chi connectivity index (χ0n) is 18.4. The molecular formula is C31H32. The van der Waals surface area contributed by atoms with Crippen molar-refractivity contribution in [1.82, 2.24) is 0 Å². The number of hydrogen-bond acceptors (Lipinski definition) is 0. The van der Waals surface area contributed by atoms with Crippen molar-refractivity contribution >= 4 is 0 Å². The van der Waals surface area contributed by atoms with Crippen LogP contribution in [0.2, 0.25) is 0 Å². The molecule has 31 heavy (non-hydrogen) atoms. The van der Waals surface area contributed by atoms with E-state index in [0.29, 0.717) is 5.92 Å². The van der Waals surface area contributed by atoms with Crippen LogP contribution in [0.4, 0.5) is 0 Å². The molecule has 0 heteroatoms. The average Bonchev–Trinajstić information content (AvgIpc) is 3.49. The summed E-state index contributed by atoms with van der Waals surface area (Å²) in [7, 11) is 0. The molecule has 0 fully saturated rings. The van der Waals surface area contributed by atoms with Crippen molar-refractivity contribution in [2.45, 2.75) is 63.2 Å². The standard InChI is InChI=1S/C31H32/c1-3-13-23(14-4-1)31(25-17-7-8-18-25,24-15-5-2-6-16-24)30-28-21-11-9-19-26(28)27-20-10-12-22-29(27)30/h1-8,13-17,30H,9-12,18-22H2. The lowest BCUT2D eigenvalue weighted by Gasteiger charge is -2.45. The molecule has 0 heterocycles. The predicted octanol–water partition coefficient (Wildman–Crippen LogP) is 8.23. The molecule has 2 aromatic carbocycles. The van der Waals surface area contributed by atoms with E-state index in [9.17, 15) is 0 Å². The lowest BCUT2D eigenvalue weighted by Crippen LogP contribution is -2.40. The van der Waals surface area contributed by atoms with Gasteiger partial charge in [-0.3, -0.25) is 0 Å². The van der Waals surface area contributed by atoms with E-state index in [2.05, 4.69) is 78.9 Å². The number of hydrogen-bond donors (Lipinski definition) is 0. The zero-order chi connectivity index (χ0) is 20.7. The topological polar surface area (TPSA) is 0 Å². The van der Waals surface area contributed by atoms with Gasteiger partial charge in [-0.2, -0.15) is 0 Å². The van der Waals surface area contributed by atoms with Gasteiger partial charge in [-0.1, -0.05) is 95.6 Å². The van der Waals surface area contributed by atoms with Gasteiger partial charge < -0.3 is 0 Å². The molecule has 0 radical (unpaired) electrons. The van der Waals surface area contributed by atoms with Crippen LogP contribution in [0.3, 0.4) is 0 Å². The first-order valence-corrected chi connectivity index (χ1v) is 12.3. The van der Waals surface area contributed by atoms with Gasteiger partial charge in [-0.15, -0.1) is 0 Å². The normalized spacial score (nSPS) is 21.4. The highest BCUT2D eigenvalue weighted by Gasteiger charge is 2.51. The lowest BCUT2D eigenvalue weighted by atomic mass is 9.56. The highest BCUT2D eigenvalue weighted by Crippen LogP contribution is 2.61. The maximum absolute atomic E-state index is 2.43. The van der Waals surface area contributed by atoms with Gasteiger partial charge in [0.2, 0.25) is 0 Å². The molecule has 4 aliphatic rings. The van der Waals surface area contributed by atoms with Crippen LogP contribution in [0.15, 0.2) is 107 Å². The molecule has 0 N–H and O–H groups in total. The molecule has 0 saturated heterocycles. The van der Waals surface area contributed by atoms with E-state index in [4.69, 9.17) is 0 Å². The first kappa shape index (κ1) is 19.1.